The number of aromatic nitrogens is 3. The minimum atomic E-state index is -4.57. The van der Waals surface area contributed by atoms with Crippen LogP contribution in [0.15, 0.2) is 109 Å². The number of hydrogen-bond donors (Lipinski definition) is 0. The Morgan fingerprint density at radius 1 is 0.667 bits per heavy atom. The first-order chi connectivity index (χ1) is 21.4. The molecule has 0 radical (unpaired) electrons. The van der Waals surface area contributed by atoms with Crippen LogP contribution >= 0.6 is 0 Å². The van der Waals surface area contributed by atoms with Gasteiger partial charge in [0.25, 0.3) is 0 Å². The molecule has 7 rings (SSSR count). The molecule has 224 valence electrons. The van der Waals surface area contributed by atoms with Gasteiger partial charge in [-0.25, -0.2) is 9.97 Å². The molecule has 0 bridgehead atoms. The van der Waals surface area contributed by atoms with E-state index in [-0.39, 0.29) is 17.0 Å². The van der Waals surface area contributed by atoms with Crippen LogP contribution in [0.3, 0.4) is 0 Å². The molecule has 0 fully saturated rings. The SMILES string of the molecule is Cc1ccc2c(c1)c1ccc(-c3cc(Oc4cc(C(C)(C)C)ccn4)cc(C(F)(F)F)c3)cc1n2-c1cc2ccccc2cn1. The van der Waals surface area contributed by atoms with Crippen LogP contribution in [0.5, 0.6) is 11.6 Å². The Bertz CT molecular complexity index is 2240. The van der Waals surface area contributed by atoms with Crippen molar-refractivity contribution >= 4 is 32.6 Å². The van der Waals surface area contributed by atoms with Crippen molar-refractivity contribution in [1.29, 1.82) is 0 Å². The molecule has 45 heavy (non-hydrogen) atoms. The van der Waals surface area contributed by atoms with Crippen LogP contribution in [0, 0.1) is 6.92 Å². The highest BCUT2D eigenvalue weighted by Gasteiger charge is 2.32. The first kappa shape index (κ1) is 28.6. The van der Waals surface area contributed by atoms with Crippen LogP contribution in [-0.2, 0) is 11.6 Å². The maximum Gasteiger partial charge on any atom is 0.416 e. The van der Waals surface area contributed by atoms with E-state index >= 15 is 0 Å². The van der Waals surface area contributed by atoms with Crippen molar-refractivity contribution in [2.24, 2.45) is 0 Å². The van der Waals surface area contributed by atoms with E-state index in [1.807, 2.05) is 67.7 Å². The number of ether oxygens (including phenoxy) is 1. The van der Waals surface area contributed by atoms with Gasteiger partial charge >= 0.3 is 6.18 Å². The summed E-state index contributed by atoms with van der Waals surface area (Å²) in [6.07, 6.45) is -1.11. The van der Waals surface area contributed by atoms with E-state index in [1.54, 1.807) is 18.3 Å². The number of aryl methyl sites for hydroxylation is 1. The number of rotatable bonds is 4. The lowest BCUT2D eigenvalue weighted by molar-refractivity contribution is -0.137. The molecule has 0 amide bonds. The van der Waals surface area contributed by atoms with E-state index in [0.717, 1.165) is 55.6 Å². The van der Waals surface area contributed by atoms with Gasteiger partial charge in [0, 0.05) is 34.6 Å². The van der Waals surface area contributed by atoms with Gasteiger partial charge in [0.05, 0.1) is 16.6 Å². The Morgan fingerprint density at radius 3 is 2.24 bits per heavy atom. The summed E-state index contributed by atoms with van der Waals surface area (Å²) in [5.41, 5.74) is 3.92. The number of hydrogen-bond acceptors (Lipinski definition) is 3. The Hall–Kier alpha value is -5.17. The van der Waals surface area contributed by atoms with Gasteiger partial charge in [-0.3, -0.25) is 4.57 Å². The molecular weight excluding hydrogens is 571 g/mol. The maximum atomic E-state index is 14.2. The third kappa shape index (κ3) is 5.39. The summed E-state index contributed by atoms with van der Waals surface area (Å²) in [6.45, 7) is 8.21. The molecule has 0 unspecified atom stereocenters. The predicted molar refractivity (Wildman–Crippen MR) is 174 cm³/mol. The molecule has 0 saturated carbocycles. The second kappa shape index (κ2) is 10.5. The predicted octanol–water partition coefficient (Wildman–Crippen LogP) is 10.8. The van der Waals surface area contributed by atoms with E-state index in [9.17, 15) is 13.2 Å². The van der Waals surface area contributed by atoms with Gasteiger partial charge in [0.15, 0.2) is 0 Å². The largest absolute Gasteiger partial charge is 0.439 e. The van der Waals surface area contributed by atoms with E-state index in [4.69, 9.17) is 9.72 Å². The Labute approximate surface area is 258 Å². The summed E-state index contributed by atoms with van der Waals surface area (Å²) in [5.74, 6) is 1.03. The second-order valence-electron chi connectivity index (χ2n) is 12.5. The highest BCUT2D eigenvalue weighted by atomic mass is 19.4. The van der Waals surface area contributed by atoms with Gasteiger partial charge in [-0.15, -0.1) is 0 Å². The minimum Gasteiger partial charge on any atom is -0.439 e. The van der Waals surface area contributed by atoms with Crippen LogP contribution in [0.25, 0.3) is 49.5 Å². The van der Waals surface area contributed by atoms with Crippen molar-refractivity contribution in [3.63, 3.8) is 0 Å². The number of fused-ring (bicyclic) bond motifs is 4. The van der Waals surface area contributed by atoms with E-state index in [2.05, 4.69) is 48.5 Å². The average Bonchev–Trinajstić information content (AvgIpc) is 3.32. The number of halogens is 3. The standard InChI is InChI=1S/C38H30F3N3O/c1-23-9-12-33-32(15-23)31-11-10-25(18-34(31)44(33)35-19-24-7-5-6-8-26(24)22-43-35)27-16-29(38(39,40)41)20-30(17-27)45-36-21-28(13-14-42-36)37(2,3)4/h5-22H,1-4H3. The number of benzene rings is 4. The fourth-order valence-corrected chi connectivity index (χ4v) is 5.80. The van der Waals surface area contributed by atoms with Crippen LogP contribution < -0.4 is 4.74 Å². The average molecular weight is 602 g/mol. The molecule has 4 aromatic carbocycles. The Kier molecular flexibility index (Phi) is 6.66. The van der Waals surface area contributed by atoms with Gasteiger partial charge in [0.1, 0.15) is 11.6 Å². The topological polar surface area (TPSA) is 39.9 Å². The molecule has 7 aromatic rings. The summed E-state index contributed by atoms with van der Waals surface area (Å²) >= 11 is 0. The van der Waals surface area contributed by atoms with Crippen LogP contribution in [0.1, 0.15) is 37.5 Å². The second-order valence-corrected chi connectivity index (χ2v) is 12.5. The van der Waals surface area contributed by atoms with Crippen molar-refractivity contribution < 1.29 is 17.9 Å². The molecule has 7 heteroatoms. The molecule has 4 nitrogen and oxygen atoms in total. The van der Waals surface area contributed by atoms with Crippen LogP contribution in [0.2, 0.25) is 0 Å². The lowest BCUT2D eigenvalue weighted by Crippen LogP contribution is -2.11. The van der Waals surface area contributed by atoms with Gasteiger partial charge < -0.3 is 4.74 Å². The number of nitrogens with zero attached hydrogens (tertiary/aromatic N) is 3. The fourth-order valence-electron chi connectivity index (χ4n) is 5.80. The molecule has 0 spiro atoms. The van der Waals surface area contributed by atoms with Gasteiger partial charge in [-0.05, 0) is 82.9 Å². The molecule has 3 heterocycles. The number of alkyl halides is 3. The van der Waals surface area contributed by atoms with Crippen LogP contribution in [-0.4, -0.2) is 14.5 Å². The van der Waals surface area contributed by atoms with Crippen LogP contribution in [0.4, 0.5) is 13.2 Å². The summed E-state index contributed by atoms with van der Waals surface area (Å²) in [4.78, 5) is 9.06. The molecule has 3 aromatic heterocycles. The maximum absolute atomic E-state index is 14.2. The van der Waals surface area contributed by atoms with E-state index in [0.29, 0.717) is 11.1 Å². The summed E-state index contributed by atoms with van der Waals surface area (Å²) in [7, 11) is 0. The third-order valence-corrected chi connectivity index (χ3v) is 8.16. The smallest absolute Gasteiger partial charge is 0.416 e. The highest BCUT2D eigenvalue weighted by Crippen LogP contribution is 2.40. The Morgan fingerprint density at radius 2 is 1.47 bits per heavy atom. The third-order valence-electron chi connectivity index (χ3n) is 8.16. The molecule has 0 saturated heterocycles. The number of pyridine rings is 2. The lowest BCUT2D eigenvalue weighted by atomic mass is 9.88. The van der Waals surface area contributed by atoms with Gasteiger partial charge in [0.2, 0.25) is 5.88 Å². The zero-order chi connectivity index (χ0) is 31.5. The zero-order valence-electron chi connectivity index (χ0n) is 25.3. The molecule has 0 aliphatic carbocycles. The molecule has 0 aliphatic rings. The van der Waals surface area contributed by atoms with Crippen molar-refractivity contribution in [1.82, 2.24) is 14.5 Å². The zero-order valence-corrected chi connectivity index (χ0v) is 25.3. The molecular formula is C38H30F3N3O. The van der Waals surface area contributed by atoms with Gasteiger partial charge in [-0.1, -0.05) is 68.8 Å². The molecule has 0 aliphatic heterocycles. The summed E-state index contributed by atoms with van der Waals surface area (Å²) in [5, 5.41) is 4.10. The van der Waals surface area contributed by atoms with Crippen molar-refractivity contribution in [3.05, 3.63) is 126 Å². The quantitative estimate of drug-likeness (QED) is 0.201. The first-order valence-electron chi connectivity index (χ1n) is 14.7. The normalized spacial score (nSPS) is 12.3. The minimum absolute atomic E-state index is 0.0610. The fraction of sp³-hybridized carbons (Fsp3) is 0.158. The molecule has 0 N–H and O–H groups in total. The highest BCUT2D eigenvalue weighted by molar-refractivity contribution is 6.10. The van der Waals surface area contributed by atoms with Crippen molar-refractivity contribution in [2.75, 3.05) is 0 Å². The van der Waals surface area contributed by atoms with E-state index in [1.165, 1.54) is 6.07 Å². The summed E-state index contributed by atoms with van der Waals surface area (Å²) < 4.78 is 50.6. The van der Waals surface area contributed by atoms with Gasteiger partial charge in [-0.2, -0.15) is 13.2 Å². The van der Waals surface area contributed by atoms with Crippen molar-refractivity contribution in [3.8, 4) is 28.6 Å². The monoisotopic (exact) mass is 601 g/mol. The first-order valence-corrected chi connectivity index (χ1v) is 14.7. The molecule has 0 atom stereocenters. The summed E-state index contributed by atoms with van der Waals surface area (Å²) in [6, 6.07) is 29.5. The lowest BCUT2D eigenvalue weighted by Gasteiger charge is -2.19. The van der Waals surface area contributed by atoms with Crippen molar-refractivity contribution in [2.45, 2.75) is 39.3 Å². The van der Waals surface area contributed by atoms with E-state index < -0.39 is 11.7 Å². The Balaban J connectivity index is 1.41.